The van der Waals surface area contributed by atoms with E-state index in [1.807, 2.05) is 0 Å². The SMILES string of the molecule is [N-]=[N+]=NC[C@]1(CO)OC(n2ccc(=O)[nH]c2=O)[C@@H]2OC3(CCCC3)O[C@@H]21. The zero-order chi connectivity index (χ0) is 18.4. The van der Waals surface area contributed by atoms with Crippen LogP contribution in [0.4, 0.5) is 0 Å². The van der Waals surface area contributed by atoms with E-state index in [1.165, 1.54) is 16.8 Å². The van der Waals surface area contributed by atoms with Gasteiger partial charge in [0.25, 0.3) is 5.56 Å². The lowest BCUT2D eigenvalue weighted by Crippen LogP contribution is -2.49. The van der Waals surface area contributed by atoms with Crippen LogP contribution < -0.4 is 11.2 Å². The minimum atomic E-state index is -1.33. The first-order valence-corrected chi connectivity index (χ1v) is 8.49. The third kappa shape index (κ3) is 2.56. The summed E-state index contributed by atoms with van der Waals surface area (Å²) in [5.74, 6) is -0.778. The van der Waals surface area contributed by atoms with Crippen molar-refractivity contribution in [2.45, 2.75) is 55.5 Å². The predicted octanol–water partition coefficient (Wildman–Crippen LogP) is 0.161. The molecule has 0 aromatic carbocycles. The number of nitrogens with one attached hydrogen (secondary N) is 1. The molecule has 11 heteroatoms. The summed E-state index contributed by atoms with van der Waals surface area (Å²) in [6.07, 6.45) is 2.31. The normalized spacial score (nSPS) is 34.7. The summed E-state index contributed by atoms with van der Waals surface area (Å²) in [6, 6.07) is 1.20. The number of nitrogens with zero attached hydrogens (tertiary/aromatic N) is 4. The van der Waals surface area contributed by atoms with Crippen molar-refractivity contribution in [3.8, 4) is 0 Å². The zero-order valence-corrected chi connectivity index (χ0v) is 13.9. The molecule has 26 heavy (non-hydrogen) atoms. The highest BCUT2D eigenvalue weighted by Crippen LogP contribution is 2.52. The second kappa shape index (κ2) is 6.22. The number of ether oxygens (including phenoxy) is 3. The fraction of sp³-hybridized carbons (Fsp3) is 0.733. The number of H-pyrrole nitrogens is 1. The Morgan fingerprint density at radius 3 is 2.77 bits per heavy atom. The highest BCUT2D eigenvalue weighted by atomic mass is 16.8. The van der Waals surface area contributed by atoms with Gasteiger partial charge in [-0.25, -0.2) is 4.79 Å². The summed E-state index contributed by atoms with van der Waals surface area (Å²) >= 11 is 0. The molecule has 2 saturated heterocycles. The molecule has 4 rings (SSSR count). The van der Waals surface area contributed by atoms with Gasteiger partial charge in [-0.2, -0.15) is 0 Å². The van der Waals surface area contributed by atoms with Crippen molar-refractivity contribution in [1.82, 2.24) is 9.55 Å². The zero-order valence-electron chi connectivity index (χ0n) is 13.9. The lowest BCUT2D eigenvalue weighted by Gasteiger charge is -2.33. The number of aliphatic hydroxyl groups excluding tert-OH is 1. The standard InChI is InChI=1S/C15H19N5O6/c16-19-17-7-14(8-21)11-10(24-15(25-11)4-1-2-5-15)12(26-14)20-6-3-9(22)18-13(20)23/h3,6,10-12,21H,1-2,4-5,7-8H2,(H,18,22,23)/t10-,11+,12?,14-/m1/s1. The van der Waals surface area contributed by atoms with Gasteiger partial charge in [0.2, 0.25) is 0 Å². The van der Waals surface area contributed by atoms with Crippen LogP contribution in [0, 0.1) is 0 Å². The molecular weight excluding hydrogens is 346 g/mol. The Kier molecular flexibility index (Phi) is 4.13. The summed E-state index contributed by atoms with van der Waals surface area (Å²) in [5.41, 5.74) is 6.18. The lowest BCUT2D eigenvalue weighted by atomic mass is 9.96. The van der Waals surface area contributed by atoms with E-state index in [4.69, 9.17) is 19.7 Å². The average Bonchev–Trinajstić information content (AvgIpc) is 3.30. The Morgan fingerprint density at radius 2 is 2.12 bits per heavy atom. The van der Waals surface area contributed by atoms with Crippen LogP contribution in [0.1, 0.15) is 31.9 Å². The quantitative estimate of drug-likeness (QED) is 0.440. The smallest absolute Gasteiger partial charge is 0.330 e. The maximum atomic E-state index is 12.2. The fourth-order valence-corrected chi connectivity index (χ4v) is 4.07. The number of fused-ring (bicyclic) bond motifs is 1. The van der Waals surface area contributed by atoms with Gasteiger partial charge in [0.05, 0.1) is 13.2 Å². The molecule has 0 radical (unpaired) electrons. The highest BCUT2D eigenvalue weighted by molar-refractivity contribution is 5.09. The van der Waals surface area contributed by atoms with Gasteiger partial charge in [0.15, 0.2) is 12.0 Å². The van der Waals surface area contributed by atoms with Crippen molar-refractivity contribution < 1.29 is 19.3 Å². The first-order valence-electron chi connectivity index (χ1n) is 8.49. The summed E-state index contributed by atoms with van der Waals surface area (Å²) in [5, 5.41) is 13.6. The lowest BCUT2D eigenvalue weighted by molar-refractivity contribution is -0.237. The largest absolute Gasteiger partial charge is 0.393 e. The molecule has 1 spiro atoms. The van der Waals surface area contributed by atoms with E-state index in [1.54, 1.807) is 0 Å². The van der Waals surface area contributed by atoms with Gasteiger partial charge in [0, 0.05) is 30.0 Å². The highest BCUT2D eigenvalue weighted by Gasteiger charge is 2.65. The van der Waals surface area contributed by atoms with Crippen LogP contribution in [0.15, 0.2) is 27.0 Å². The molecule has 2 aliphatic heterocycles. The molecule has 11 nitrogen and oxygen atoms in total. The van der Waals surface area contributed by atoms with Crippen molar-refractivity contribution in [1.29, 1.82) is 0 Å². The van der Waals surface area contributed by atoms with Crippen LogP contribution in [-0.4, -0.2) is 51.4 Å². The Morgan fingerprint density at radius 1 is 1.35 bits per heavy atom. The van der Waals surface area contributed by atoms with Gasteiger partial charge < -0.3 is 19.3 Å². The van der Waals surface area contributed by atoms with E-state index >= 15 is 0 Å². The Hall–Kier alpha value is -2.17. The molecule has 1 saturated carbocycles. The van der Waals surface area contributed by atoms with Crippen LogP contribution in [0.3, 0.4) is 0 Å². The van der Waals surface area contributed by atoms with Gasteiger partial charge in [-0.15, -0.1) is 0 Å². The average molecular weight is 365 g/mol. The third-order valence-electron chi connectivity index (χ3n) is 5.31. The van der Waals surface area contributed by atoms with E-state index in [0.29, 0.717) is 12.8 Å². The van der Waals surface area contributed by atoms with Crippen LogP contribution in [0.2, 0.25) is 0 Å². The van der Waals surface area contributed by atoms with Crippen LogP contribution >= 0.6 is 0 Å². The number of azide groups is 1. The van der Waals surface area contributed by atoms with E-state index in [-0.39, 0.29) is 6.54 Å². The van der Waals surface area contributed by atoms with Crippen molar-refractivity contribution in [2.75, 3.05) is 13.2 Å². The number of rotatable bonds is 4. The minimum absolute atomic E-state index is 0.171. The van der Waals surface area contributed by atoms with E-state index < -0.39 is 47.7 Å². The molecule has 1 aromatic rings. The van der Waals surface area contributed by atoms with Gasteiger partial charge in [0.1, 0.15) is 17.8 Å². The molecule has 3 aliphatic rings. The number of hydrogen-bond acceptors (Lipinski definition) is 7. The van der Waals surface area contributed by atoms with Crippen LogP contribution in [0.25, 0.3) is 10.4 Å². The molecule has 1 aliphatic carbocycles. The van der Waals surface area contributed by atoms with Crippen LogP contribution in [0.5, 0.6) is 0 Å². The van der Waals surface area contributed by atoms with Crippen molar-refractivity contribution in [2.24, 2.45) is 5.11 Å². The summed E-state index contributed by atoms with van der Waals surface area (Å²) < 4.78 is 19.5. The molecule has 2 N–H and O–H groups in total. The van der Waals surface area contributed by atoms with Gasteiger partial charge >= 0.3 is 5.69 Å². The second-order valence-corrected chi connectivity index (χ2v) is 6.88. The third-order valence-corrected chi connectivity index (χ3v) is 5.31. The van der Waals surface area contributed by atoms with Gasteiger partial charge in [-0.1, -0.05) is 5.11 Å². The molecule has 1 unspecified atom stereocenters. The van der Waals surface area contributed by atoms with E-state index in [9.17, 15) is 14.7 Å². The van der Waals surface area contributed by atoms with Gasteiger partial charge in [-0.05, 0) is 18.4 Å². The molecule has 140 valence electrons. The van der Waals surface area contributed by atoms with E-state index in [0.717, 1.165) is 12.8 Å². The molecule has 0 bridgehead atoms. The number of hydrogen-bond donors (Lipinski definition) is 2. The molecular formula is C15H19N5O6. The topological polar surface area (TPSA) is 152 Å². The number of aromatic amines is 1. The maximum Gasteiger partial charge on any atom is 0.330 e. The fourth-order valence-electron chi connectivity index (χ4n) is 4.07. The first kappa shape index (κ1) is 17.3. The monoisotopic (exact) mass is 365 g/mol. The van der Waals surface area contributed by atoms with Crippen molar-refractivity contribution in [3.05, 3.63) is 43.5 Å². The molecule has 0 amide bonds. The summed E-state index contributed by atoms with van der Waals surface area (Å²) in [4.78, 5) is 28.5. The second-order valence-electron chi connectivity index (χ2n) is 6.88. The number of aromatic nitrogens is 2. The molecule has 3 heterocycles. The van der Waals surface area contributed by atoms with E-state index in [2.05, 4.69) is 15.0 Å². The predicted molar refractivity (Wildman–Crippen MR) is 86.2 cm³/mol. The minimum Gasteiger partial charge on any atom is -0.393 e. The van der Waals surface area contributed by atoms with Crippen molar-refractivity contribution >= 4 is 0 Å². The molecule has 3 fully saturated rings. The first-order chi connectivity index (χ1) is 12.5. The van der Waals surface area contributed by atoms with Gasteiger partial charge in [-0.3, -0.25) is 14.3 Å². The molecule has 4 atom stereocenters. The Balaban J connectivity index is 1.76. The Bertz CT molecular complexity index is 855. The van der Waals surface area contributed by atoms with Crippen molar-refractivity contribution in [3.63, 3.8) is 0 Å². The molecule has 1 aromatic heterocycles. The summed E-state index contributed by atoms with van der Waals surface area (Å²) in [7, 11) is 0. The van der Waals surface area contributed by atoms with Crippen LogP contribution in [-0.2, 0) is 14.2 Å². The number of aliphatic hydroxyl groups is 1. The maximum absolute atomic E-state index is 12.2. The summed E-state index contributed by atoms with van der Waals surface area (Å²) in [6.45, 7) is -0.642. The Labute approximate surface area is 147 Å².